The van der Waals surface area contributed by atoms with Gasteiger partial charge in [0.2, 0.25) is 10.0 Å². The fourth-order valence-corrected chi connectivity index (χ4v) is 2.93. The summed E-state index contributed by atoms with van der Waals surface area (Å²) in [5.41, 5.74) is 0.551. The van der Waals surface area contributed by atoms with Crippen LogP contribution < -0.4 is 4.72 Å². The Morgan fingerprint density at radius 3 is 2.58 bits per heavy atom. The predicted octanol–water partition coefficient (Wildman–Crippen LogP) is 1.88. The number of methoxy groups -OCH3 is 1. The van der Waals surface area contributed by atoms with Crippen molar-refractivity contribution >= 4 is 15.9 Å². The van der Waals surface area contributed by atoms with Crippen molar-refractivity contribution in [1.29, 1.82) is 0 Å². The molecule has 1 N–H and O–H groups in total. The maximum Gasteiger partial charge on any atom is 0.270 e. The number of amides is 1. The van der Waals surface area contributed by atoms with E-state index < -0.39 is 27.0 Å². The molecule has 0 saturated carbocycles. The first-order valence-electron chi connectivity index (χ1n) is 7.03. The minimum Gasteiger partial charge on any atom is -0.383 e. The molecule has 24 heavy (non-hydrogen) atoms. The summed E-state index contributed by atoms with van der Waals surface area (Å²) < 4.78 is 49.0. The molecule has 2 rings (SSSR count). The number of ether oxygens (including phenoxy) is 1. The summed E-state index contributed by atoms with van der Waals surface area (Å²) in [5.74, 6) is -1.15. The smallest absolute Gasteiger partial charge is 0.270 e. The van der Waals surface area contributed by atoms with Crippen molar-refractivity contribution in [1.82, 2.24) is 9.88 Å². The fourth-order valence-electron chi connectivity index (χ4n) is 2.05. The van der Waals surface area contributed by atoms with E-state index in [1.54, 1.807) is 0 Å². The van der Waals surface area contributed by atoms with E-state index >= 15 is 0 Å². The molecule has 1 heterocycles. The molecule has 2 aromatic rings. The van der Waals surface area contributed by atoms with Gasteiger partial charge < -0.3 is 9.26 Å². The van der Waals surface area contributed by atoms with Crippen LogP contribution in [-0.2, 0) is 14.8 Å². The fraction of sp³-hybridized carbons (Fsp3) is 0.333. The first-order chi connectivity index (χ1) is 11.3. The Hall–Kier alpha value is -2.26. The number of aryl methyl sites for hydroxylation is 1. The van der Waals surface area contributed by atoms with Crippen LogP contribution in [0.4, 0.5) is 4.39 Å². The summed E-state index contributed by atoms with van der Waals surface area (Å²) >= 11 is 0. The van der Waals surface area contributed by atoms with E-state index in [1.807, 2.05) is 4.72 Å². The van der Waals surface area contributed by atoms with Gasteiger partial charge in [0.1, 0.15) is 28.1 Å². The number of aromatic nitrogens is 1. The highest BCUT2D eigenvalue weighted by molar-refractivity contribution is 7.90. The van der Waals surface area contributed by atoms with Gasteiger partial charge in [0.05, 0.1) is 6.61 Å². The van der Waals surface area contributed by atoms with Crippen LogP contribution in [0.5, 0.6) is 0 Å². The van der Waals surface area contributed by atoms with Crippen molar-refractivity contribution in [3.63, 3.8) is 0 Å². The van der Waals surface area contributed by atoms with Crippen LogP contribution in [0.2, 0.25) is 0 Å². The third-order valence-corrected chi connectivity index (χ3v) is 5.04. The van der Waals surface area contributed by atoms with Gasteiger partial charge >= 0.3 is 0 Å². The van der Waals surface area contributed by atoms with Gasteiger partial charge in [-0.3, -0.25) is 4.79 Å². The van der Waals surface area contributed by atoms with Crippen LogP contribution in [0, 0.1) is 12.7 Å². The second-order valence-corrected chi connectivity index (χ2v) is 7.31. The minimum atomic E-state index is -3.92. The van der Waals surface area contributed by atoms with Crippen molar-refractivity contribution in [2.45, 2.75) is 19.1 Å². The predicted molar refractivity (Wildman–Crippen MR) is 84.4 cm³/mol. The van der Waals surface area contributed by atoms with Crippen LogP contribution in [0.25, 0.3) is 11.3 Å². The highest BCUT2D eigenvalue weighted by atomic mass is 32.2. The molecule has 0 aliphatic carbocycles. The van der Waals surface area contributed by atoms with Crippen molar-refractivity contribution < 1.29 is 26.9 Å². The summed E-state index contributed by atoms with van der Waals surface area (Å²) in [6.07, 6.45) is 0. The van der Waals surface area contributed by atoms with Gasteiger partial charge in [0.25, 0.3) is 5.91 Å². The Balaban J connectivity index is 2.34. The Labute approximate surface area is 138 Å². The number of carbonyl (C=O) groups is 1. The molecule has 1 atom stereocenters. The molecular formula is C15H17FN2O5S. The molecule has 1 amide bonds. The van der Waals surface area contributed by atoms with Crippen LogP contribution in [0.1, 0.15) is 23.0 Å². The Bertz CT molecular complexity index is 830. The van der Waals surface area contributed by atoms with E-state index in [-0.39, 0.29) is 23.6 Å². The second kappa shape index (κ2) is 7.10. The molecule has 1 aromatic heterocycles. The summed E-state index contributed by atoms with van der Waals surface area (Å²) in [7, 11) is -2.56. The molecule has 0 saturated heterocycles. The van der Waals surface area contributed by atoms with Gasteiger partial charge in [0, 0.05) is 12.7 Å². The van der Waals surface area contributed by atoms with E-state index in [4.69, 9.17) is 9.26 Å². The van der Waals surface area contributed by atoms with Crippen molar-refractivity contribution in [3.8, 4) is 11.3 Å². The quantitative estimate of drug-likeness (QED) is 0.849. The highest BCUT2D eigenvalue weighted by Crippen LogP contribution is 2.25. The summed E-state index contributed by atoms with van der Waals surface area (Å²) in [6, 6.07) is 5.26. The van der Waals surface area contributed by atoms with E-state index in [1.165, 1.54) is 45.2 Å². The lowest BCUT2D eigenvalue weighted by atomic mass is 10.1. The second-order valence-electron chi connectivity index (χ2n) is 5.21. The van der Waals surface area contributed by atoms with Crippen LogP contribution in [0.3, 0.4) is 0 Å². The number of rotatable bonds is 6. The number of carbonyl (C=O) groups excluding carboxylic acids is 1. The SMILES string of the molecule is COCC(C)S(=O)(=O)NC(=O)c1c(-c2ccc(F)cc2)noc1C. The van der Waals surface area contributed by atoms with Crippen molar-refractivity contribution in [2.24, 2.45) is 0 Å². The molecular weight excluding hydrogens is 339 g/mol. The lowest BCUT2D eigenvalue weighted by molar-refractivity contribution is 0.0979. The maximum absolute atomic E-state index is 13.0. The largest absolute Gasteiger partial charge is 0.383 e. The number of nitrogens with zero attached hydrogens (tertiary/aromatic N) is 1. The van der Waals surface area contributed by atoms with Gasteiger partial charge in [-0.2, -0.15) is 0 Å². The highest BCUT2D eigenvalue weighted by Gasteiger charge is 2.28. The molecule has 0 radical (unpaired) electrons. The molecule has 1 aromatic carbocycles. The monoisotopic (exact) mass is 356 g/mol. The number of hydrogen-bond acceptors (Lipinski definition) is 6. The molecule has 130 valence electrons. The Kier molecular flexibility index (Phi) is 5.35. The molecule has 7 nitrogen and oxygen atoms in total. The normalized spacial score (nSPS) is 12.8. The molecule has 0 bridgehead atoms. The lowest BCUT2D eigenvalue weighted by Crippen LogP contribution is -2.39. The van der Waals surface area contributed by atoms with Crippen LogP contribution in [-0.4, -0.2) is 38.4 Å². The lowest BCUT2D eigenvalue weighted by Gasteiger charge is -2.13. The van der Waals surface area contributed by atoms with Gasteiger partial charge in [-0.15, -0.1) is 0 Å². The van der Waals surface area contributed by atoms with Gasteiger partial charge in [-0.1, -0.05) is 5.16 Å². The third-order valence-electron chi connectivity index (χ3n) is 3.37. The summed E-state index contributed by atoms with van der Waals surface area (Å²) in [6.45, 7) is 2.84. The molecule has 0 fully saturated rings. The average molecular weight is 356 g/mol. The number of hydrogen-bond donors (Lipinski definition) is 1. The zero-order valence-corrected chi connectivity index (χ0v) is 14.2. The van der Waals surface area contributed by atoms with Crippen LogP contribution in [0.15, 0.2) is 28.8 Å². The van der Waals surface area contributed by atoms with E-state index in [2.05, 4.69) is 5.16 Å². The zero-order chi connectivity index (χ0) is 17.9. The molecule has 0 spiro atoms. The van der Waals surface area contributed by atoms with Crippen molar-refractivity contribution in [3.05, 3.63) is 41.4 Å². The molecule has 0 aliphatic rings. The zero-order valence-electron chi connectivity index (χ0n) is 13.4. The topological polar surface area (TPSA) is 98.5 Å². The molecule has 9 heteroatoms. The van der Waals surface area contributed by atoms with E-state index in [9.17, 15) is 17.6 Å². The minimum absolute atomic E-state index is 0.0187. The van der Waals surface area contributed by atoms with Gasteiger partial charge in [-0.25, -0.2) is 17.5 Å². The van der Waals surface area contributed by atoms with Crippen LogP contribution >= 0.6 is 0 Å². The summed E-state index contributed by atoms with van der Waals surface area (Å²) in [4.78, 5) is 12.4. The molecule has 0 aliphatic heterocycles. The third kappa shape index (κ3) is 3.80. The van der Waals surface area contributed by atoms with Crippen molar-refractivity contribution in [2.75, 3.05) is 13.7 Å². The van der Waals surface area contributed by atoms with E-state index in [0.29, 0.717) is 5.56 Å². The average Bonchev–Trinajstić information content (AvgIpc) is 2.89. The maximum atomic E-state index is 13.0. The number of sulfonamides is 1. The van der Waals surface area contributed by atoms with E-state index in [0.717, 1.165) is 0 Å². The number of benzene rings is 1. The number of halogens is 1. The standard InChI is InChI=1S/C15H17FN2O5S/c1-9(8-22-3)24(20,21)18-15(19)13-10(2)23-17-14(13)11-4-6-12(16)7-5-11/h4-7,9H,8H2,1-3H3,(H,18,19). The first-order valence-corrected chi connectivity index (χ1v) is 8.58. The first kappa shape index (κ1) is 18.1. The summed E-state index contributed by atoms with van der Waals surface area (Å²) in [5, 5.41) is 2.85. The van der Waals surface area contributed by atoms with Gasteiger partial charge in [0.15, 0.2) is 0 Å². The Morgan fingerprint density at radius 1 is 1.38 bits per heavy atom. The molecule has 1 unspecified atom stereocenters. The number of nitrogens with one attached hydrogen (secondary N) is 1. The van der Waals surface area contributed by atoms with Gasteiger partial charge in [-0.05, 0) is 38.1 Å². The Morgan fingerprint density at radius 2 is 2.00 bits per heavy atom.